The molecule has 1 aromatic carbocycles. The number of amides is 1. The summed E-state index contributed by atoms with van der Waals surface area (Å²) in [6.07, 6.45) is 3.16. The molecule has 1 aliphatic rings. The topological polar surface area (TPSA) is 42.4 Å². The smallest absolute Gasteiger partial charge is 0.256 e. The third-order valence-corrected chi connectivity index (χ3v) is 3.92. The fourth-order valence-corrected chi connectivity index (χ4v) is 2.75. The van der Waals surface area contributed by atoms with Crippen molar-refractivity contribution in [1.82, 2.24) is 4.98 Å². The minimum absolute atomic E-state index is 0.0254. The summed E-state index contributed by atoms with van der Waals surface area (Å²) in [4.78, 5) is 19.0. The molecule has 1 saturated heterocycles. The minimum Gasteiger partial charge on any atom is -0.368 e. The summed E-state index contributed by atoms with van der Waals surface area (Å²) < 4.78 is 5.58. The van der Waals surface area contributed by atoms with Crippen molar-refractivity contribution in [3.05, 3.63) is 59.9 Å². The molecule has 22 heavy (non-hydrogen) atoms. The van der Waals surface area contributed by atoms with Crippen LogP contribution in [0.1, 0.15) is 24.1 Å². The van der Waals surface area contributed by atoms with Crippen LogP contribution in [0.25, 0.3) is 0 Å². The highest BCUT2D eigenvalue weighted by molar-refractivity contribution is 5.97. The Hall–Kier alpha value is -2.20. The van der Waals surface area contributed by atoms with Gasteiger partial charge in [0, 0.05) is 18.5 Å². The molecule has 0 saturated carbocycles. The molecule has 114 valence electrons. The number of anilines is 1. The zero-order valence-electron chi connectivity index (χ0n) is 12.7. The van der Waals surface area contributed by atoms with Gasteiger partial charge in [-0.2, -0.15) is 0 Å². The van der Waals surface area contributed by atoms with E-state index in [9.17, 15) is 4.79 Å². The first-order valence-corrected chi connectivity index (χ1v) is 7.64. The maximum absolute atomic E-state index is 12.9. The van der Waals surface area contributed by atoms with E-state index in [1.54, 1.807) is 11.1 Å². The van der Waals surface area contributed by atoms with Gasteiger partial charge >= 0.3 is 0 Å². The molecule has 1 aromatic heterocycles. The maximum Gasteiger partial charge on any atom is 0.256 e. The molecule has 1 fully saturated rings. The molecule has 0 aliphatic carbocycles. The number of ether oxygens (including phenoxy) is 1. The third kappa shape index (κ3) is 3.17. The SMILES string of the molecule is Cc1ccccc1N(Cc1ccccn1)C(=O)[C@@H]1CCCO1. The fraction of sp³-hybridized carbons (Fsp3) is 0.333. The molecule has 0 bridgehead atoms. The van der Waals surface area contributed by atoms with E-state index >= 15 is 0 Å². The molecular formula is C18H20N2O2. The van der Waals surface area contributed by atoms with Crippen LogP contribution >= 0.6 is 0 Å². The monoisotopic (exact) mass is 296 g/mol. The summed E-state index contributed by atoms with van der Waals surface area (Å²) >= 11 is 0. The van der Waals surface area contributed by atoms with Crippen molar-refractivity contribution in [3.8, 4) is 0 Å². The van der Waals surface area contributed by atoms with Gasteiger partial charge in [0.15, 0.2) is 0 Å². The molecule has 0 radical (unpaired) electrons. The van der Waals surface area contributed by atoms with Crippen molar-refractivity contribution in [2.24, 2.45) is 0 Å². The molecule has 1 atom stereocenters. The van der Waals surface area contributed by atoms with Crippen LogP contribution in [-0.4, -0.2) is 23.6 Å². The molecular weight excluding hydrogens is 276 g/mol. The van der Waals surface area contributed by atoms with Crippen LogP contribution < -0.4 is 4.90 Å². The number of nitrogens with zero attached hydrogens (tertiary/aromatic N) is 2. The van der Waals surface area contributed by atoms with Crippen LogP contribution in [-0.2, 0) is 16.1 Å². The zero-order valence-corrected chi connectivity index (χ0v) is 12.7. The second-order valence-electron chi connectivity index (χ2n) is 5.53. The van der Waals surface area contributed by atoms with Gasteiger partial charge in [0.1, 0.15) is 6.10 Å². The quantitative estimate of drug-likeness (QED) is 0.870. The van der Waals surface area contributed by atoms with Gasteiger partial charge in [-0.05, 0) is 43.5 Å². The van der Waals surface area contributed by atoms with E-state index in [0.29, 0.717) is 13.2 Å². The Morgan fingerprint density at radius 3 is 2.77 bits per heavy atom. The van der Waals surface area contributed by atoms with Crippen LogP contribution in [0.3, 0.4) is 0 Å². The summed E-state index contributed by atoms with van der Waals surface area (Å²) in [5.74, 6) is 0.0254. The lowest BCUT2D eigenvalue weighted by molar-refractivity contribution is -0.127. The first kappa shape index (κ1) is 14.7. The predicted octanol–water partition coefficient (Wildman–Crippen LogP) is 3.10. The fourth-order valence-electron chi connectivity index (χ4n) is 2.75. The minimum atomic E-state index is -0.330. The average molecular weight is 296 g/mol. The number of pyridine rings is 1. The lowest BCUT2D eigenvalue weighted by atomic mass is 10.1. The van der Waals surface area contributed by atoms with Gasteiger partial charge < -0.3 is 9.64 Å². The molecule has 0 spiro atoms. The molecule has 2 aromatic rings. The van der Waals surface area contributed by atoms with Crippen LogP contribution in [0, 0.1) is 6.92 Å². The Morgan fingerprint density at radius 2 is 2.09 bits per heavy atom. The number of rotatable bonds is 4. The lowest BCUT2D eigenvalue weighted by Crippen LogP contribution is -2.39. The first-order valence-electron chi connectivity index (χ1n) is 7.64. The van der Waals surface area contributed by atoms with Gasteiger partial charge in [-0.25, -0.2) is 0 Å². The van der Waals surface area contributed by atoms with E-state index in [2.05, 4.69) is 4.98 Å². The Bertz CT molecular complexity index is 637. The van der Waals surface area contributed by atoms with Crippen molar-refractivity contribution in [2.45, 2.75) is 32.4 Å². The molecule has 4 heteroatoms. The van der Waals surface area contributed by atoms with Crippen LogP contribution in [0.5, 0.6) is 0 Å². The highest BCUT2D eigenvalue weighted by Gasteiger charge is 2.29. The molecule has 2 heterocycles. The summed E-state index contributed by atoms with van der Waals surface area (Å²) in [6.45, 7) is 3.15. The van der Waals surface area contributed by atoms with E-state index < -0.39 is 0 Å². The highest BCUT2D eigenvalue weighted by Crippen LogP contribution is 2.25. The zero-order chi connectivity index (χ0) is 15.4. The van der Waals surface area contributed by atoms with E-state index in [-0.39, 0.29) is 12.0 Å². The normalized spacial score (nSPS) is 17.4. The van der Waals surface area contributed by atoms with Crippen molar-refractivity contribution < 1.29 is 9.53 Å². The van der Waals surface area contributed by atoms with Gasteiger partial charge in [-0.1, -0.05) is 24.3 Å². The number of hydrogen-bond donors (Lipinski definition) is 0. The summed E-state index contributed by atoms with van der Waals surface area (Å²) in [5, 5.41) is 0. The maximum atomic E-state index is 12.9. The second kappa shape index (κ2) is 6.71. The molecule has 4 nitrogen and oxygen atoms in total. The van der Waals surface area contributed by atoms with E-state index in [0.717, 1.165) is 29.8 Å². The van der Waals surface area contributed by atoms with Gasteiger partial charge in [0.2, 0.25) is 0 Å². The number of aromatic nitrogens is 1. The molecule has 0 unspecified atom stereocenters. The number of benzene rings is 1. The Labute approximate surface area is 130 Å². The van der Waals surface area contributed by atoms with Crippen molar-refractivity contribution in [1.29, 1.82) is 0 Å². The Kier molecular flexibility index (Phi) is 4.49. The van der Waals surface area contributed by atoms with Crippen LogP contribution in [0.4, 0.5) is 5.69 Å². The Balaban J connectivity index is 1.91. The van der Waals surface area contributed by atoms with Crippen LogP contribution in [0.2, 0.25) is 0 Å². The van der Waals surface area contributed by atoms with E-state index in [4.69, 9.17) is 4.74 Å². The first-order chi connectivity index (χ1) is 10.8. The molecule has 1 amide bonds. The number of hydrogen-bond acceptors (Lipinski definition) is 3. The lowest BCUT2D eigenvalue weighted by Gasteiger charge is -2.26. The standard InChI is InChI=1S/C18H20N2O2/c1-14-7-2-3-9-16(14)20(13-15-8-4-5-11-19-15)18(21)17-10-6-12-22-17/h2-5,7-9,11,17H,6,10,12-13H2,1H3/t17-/m0/s1. The number of carbonyl (C=O) groups is 1. The number of para-hydroxylation sites is 1. The largest absolute Gasteiger partial charge is 0.368 e. The molecule has 1 aliphatic heterocycles. The second-order valence-corrected chi connectivity index (χ2v) is 5.53. The van der Waals surface area contributed by atoms with Crippen LogP contribution in [0.15, 0.2) is 48.7 Å². The van der Waals surface area contributed by atoms with Crippen molar-refractivity contribution in [3.63, 3.8) is 0 Å². The summed E-state index contributed by atoms with van der Waals surface area (Å²) in [6, 6.07) is 13.7. The van der Waals surface area contributed by atoms with Crippen molar-refractivity contribution >= 4 is 11.6 Å². The van der Waals surface area contributed by atoms with Gasteiger partial charge in [-0.15, -0.1) is 0 Å². The number of carbonyl (C=O) groups excluding carboxylic acids is 1. The summed E-state index contributed by atoms with van der Waals surface area (Å²) in [7, 11) is 0. The number of aryl methyl sites for hydroxylation is 1. The van der Waals surface area contributed by atoms with Gasteiger partial charge in [0.05, 0.1) is 12.2 Å². The molecule has 3 rings (SSSR count). The Morgan fingerprint density at radius 1 is 1.27 bits per heavy atom. The average Bonchev–Trinajstić information content (AvgIpc) is 3.08. The predicted molar refractivity (Wildman–Crippen MR) is 85.6 cm³/mol. The van der Waals surface area contributed by atoms with E-state index in [1.165, 1.54) is 0 Å². The van der Waals surface area contributed by atoms with Gasteiger partial charge in [-0.3, -0.25) is 9.78 Å². The van der Waals surface area contributed by atoms with Gasteiger partial charge in [0.25, 0.3) is 5.91 Å². The summed E-state index contributed by atoms with van der Waals surface area (Å²) in [5.41, 5.74) is 2.87. The third-order valence-electron chi connectivity index (χ3n) is 3.92. The highest BCUT2D eigenvalue weighted by atomic mass is 16.5. The van der Waals surface area contributed by atoms with E-state index in [1.807, 2.05) is 49.4 Å². The van der Waals surface area contributed by atoms with Crippen molar-refractivity contribution in [2.75, 3.05) is 11.5 Å². The molecule has 0 N–H and O–H groups in total.